The van der Waals surface area contributed by atoms with E-state index >= 15 is 0 Å². The van der Waals surface area contributed by atoms with Crippen molar-refractivity contribution in [1.82, 2.24) is 16.0 Å². The number of rotatable bonds is 10. The zero-order valence-electron chi connectivity index (χ0n) is 15.4. The molecule has 8 nitrogen and oxygen atoms in total. The van der Waals surface area contributed by atoms with Gasteiger partial charge in [0.2, 0.25) is 5.91 Å². The van der Waals surface area contributed by atoms with Crippen LogP contribution in [-0.4, -0.2) is 54.4 Å². The molecule has 1 aliphatic rings. The highest BCUT2D eigenvalue weighted by atomic mass is 32.2. The summed E-state index contributed by atoms with van der Waals surface area (Å²) in [7, 11) is 0. The molecule has 3 N–H and O–H groups in total. The fourth-order valence-corrected chi connectivity index (χ4v) is 3.46. The first-order valence-corrected chi connectivity index (χ1v) is 10.4. The number of nitro benzene ring substituents is 1. The Bertz CT molecular complexity index is 665. The Morgan fingerprint density at radius 2 is 2.26 bits per heavy atom. The maximum atomic E-state index is 12.5. The van der Waals surface area contributed by atoms with Crippen molar-refractivity contribution in [2.45, 2.75) is 25.3 Å². The summed E-state index contributed by atoms with van der Waals surface area (Å²) in [6, 6.07) is 4.84. The Morgan fingerprint density at radius 1 is 1.44 bits per heavy atom. The third-order valence-electron chi connectivity index (χ3n) is 4.57. The van der Waals surface area contributed by atoms with E-state index in [0.717, 1.165) is 31.7 Å². The van der Waals surface area contributed by atoms with Crippen LogP contribution < -0.4 is 16.0 Å². The molecule has 148 valence electrons. The van der Waals surface area contributed by atoms with Gasteiger partial charge in [-0.25, -0.2) is 0 Å². The monoisotopic (exact) mass is 394 g/mol. The molecule has 2 atom stereocenters. The average molecular weight is 394 g/mol. The van der Waals surface area contributed by atoms with E-state index in [1.54, 1.807) is 11.8 Å². The number of carbonyl (C=O) groups excluding carboxylic acids is 2. The highest BCUT2D eigenvalue weighted by Gasteiger charge is 2.22. The molecule has 1 saturated heterocycles. The van der Waals surface area contributed by atoms with Crippen molar-refractivity contribution in [2.75, 3.05) is 31.6 Å². The normalized spacial score (nSPS) is 17.3. The van der Waals surface area contributed by atoms with Crippen LogP contribution in [0, 0.1) is 16.0 Å². The van der Waals surface area contributed by atoms with Crippen molar-refractivity contribution in [3.05, 3.63) is 39.9 Å². The second-order valence-corrected chi connectivity index (χ2v) is 7.54. The third kappa shape index (κ3) is 6.84. The SMILES string of the molecule is CSCCC(NC(=O)c1cccc([N+](=O)[O-])c1)C(=O)NCCC1CCNC1. The summed E-state index contributed by atoms with van der Waals surface area (Å²) in [6.45, 7) is 2.58. The molecular formula is C18H26N4O4S. The predicted molar refractivity (Wildman–Crippen MR) is 106 cm³/mol. The fourth-order valence-electron chi connectivity index (χ4n) is 2.99. The lowest BCUT2D eigenvalue weighted by molar-refractivity contribution is -0.384. The molecular weight excluding hydrogens is 368 g/mol. The minimum Gasteiger partial charge on any atom is -0.354 e. The minimum absolute atomic E-state index is 0.155. The Balaban J connectivity index is 1.93. The zero-order valence-corrected chi connectivity index (χ0v) is 16.2. The molecule has 1 fully saturated rings. The summed E-state index contributed by atoms with van der Waals surface area (Å²) in [5.74, 6) is 0.600. The molecule has 0 aliphatic carbocycles. The van der Waals surface area contributed by atoms with Gasteiger partial charge in [0.25, 0.3) is 11.6 Å². The van der Waals surface area contributed by atoms with Crippen molar-refractivity contribution >= 4 is 29.3 Å². The smallest absolute Gasteiger partial charge is 0.270 e. The van der Waals surface area contributed by atoms with E-state index in [-0.39, 0.29) is 17.2 Å². The number of thioether (sulfide) groups is 1. The van der Waals surface area contributed by atoms with Gasteiger partial charge in [0.15, 0.2) is 0 Å². The van der Waals surface area contributed by atoms with Gasteiger partial charge < -0.3 is 16.0 Å². The Hall–Kier alpha value is -2.13. The molecule has 2 rings (SSSR count). The first-order chi connectivity index (χ1) is 13.0. The van der Waals surface area contributed by atoms with E-state index in [2.05, 4.69) is 16.0 Å². The van der Waals surface area contributed by atoms with E-state index in [9.17, 15) is 19.7 Å². The van der Waals surface area contributed by atoms with Gasteiger partial charge in [0, 0.05) is 24.2 Å². The van der Waals surface area contributed by atoms with Crippen LogP contribution in [0.3, 0.4) is 0 Å². The summed E-state index contributed by atoms with van der Waals surface area (Å²) < 4.78 is 0. The third-order valence-corrected chi connectivity index (χ3v) is 5.21. The molecule has 0 radical (unpaired) electrons. The fraction of sp³-hybridized carbons (Fsp3) is 0.556. The minimum atomic E-state index is -0.661. The van der Waals surface area contributed by atoms with Gasteiger partial charge in [0.1, 0.15) is 6.04 Å². The molecule has 1 heterocycles. The first kappa shape index (κ1) is 21.2. The standard InChI is InChI=1S/C18H26N4O4S/c1-27-10-7-16(18(24)20-9-6-13-5-8-19-12-13)21-17(23)14-3-2-4-15(11-14)22(25)26/h2-4,11,13,16,19H,5-10,12H2,1H3,(H,20,24)(H,21,23). The van der Waals surface area contributed by atoms with Gasteiger partial charge in [0.05, 0.1) is 4.92 Å². The molecule has 1 aliphatic heterocycles. The number of amides is 2. The number of nitrogens with zero attached hydrogens (tertiary/aromatic N) is 1. The van der Waals surface area contributed by atoms with Crippen LogP contribution >= 0.6 is 11.8 Å². The topological polar surface area (TPSA) is 113 Å². The number of benzene rings is 1. The molecule has 0 aromatic heterocycles. The second kappa shape index (κ2) is 10.9. The van der Waals surface area contributed by atoms with E-state index in [1.165, 1.54) is 24.3 Å². The van der Waals surface area contributed by atoms with Crippen molar-refractivity contribution < 1.29 is 14.5 Å². The number of non-ortho nitro benzene ring substituents is 1. The molecule has 2 amide bonds. The predicted octanol–water partition coefficient (Wildman–Crippen LogP) is 1.56. The molecule has 27 heavy (non-hydrogen) atoms. The summed E-state index contributed by atoms with van der Waals surface area (Å²) in [5.41, 5.74) is 0.0149. The van der Waals surface area contributed by atoms with Crippen LogP contribution in [-0.2, 0) is 4.79 Å². The molecule has 2 unspecified atom stereocenters. The average Bonchev–Trinajstić information content (AvgIpc) is 3.18. The van der Waals surface area contributed by atoms with Crippen LogP contribution in [0.5, 0.6) is 0 Å². The molecule has 0 spiro atoms. The first-order valence-electron chi connectivity index (χ1n) is 9.04. The van der Waals surface area contributed by atoms with Crippen molar-refractivity contribution in [3.8, 4) is 0 Å². The molecule has 0 saturated carbocycles. The highest BCUT2D eigenvalue weighted by Crippen LogP contribution is 2.14. The Kier molecular flexibility index (Phi) is 8.53. The van der Waals surface area contributed by atoms with Crippen LogP contribution in [0.1, 0.15) is 29.6 Å². The van der Waals surface area contributed by atoms with Gasteiger partial charge in [-0.15, -0.1) is 0 Å². The zero-order chi connectivity index (χ0) is 19.6. The van der Waals surface area contributed by atoms with Gasteiger partial charge in [-0.1, -0.05) is 6.07 Å². The largest absolute Gasteiger partial charge is 0.354 e. The van der Waals surface area contributed by atoms with Crippen LogP contribution in [0.4, 0.5) is 5.69 Å². The van der Waals surface area contributed by atoms with Crippen molar-refractivity contribution in [2.24, 2.45) is 5.92 Å². The maximum Gasteiger partial charge on any atom is 0.270 e. The summed E-state index contributed by atoms with van der Waals surface area (Å²) in [4.78, 5) is 35.3. The maximum absolute atomic E-state index is 12.5. The summed E-state index contributed by atoms with van der Waals surface area (Å²) in [6.07, 6.45) is 4.46. The lowest BCUT2D eigenvalue weighted by atomic mass is 10.1. The van der Waals surface area contributed by atoms with Gasteiger partial charge in [-0.2, -0.15) is 11.8 Å². The van der Waals surface area contributed by atoms with Crippen LogP contribution in [0.2, 0.25) is 0 Å². The van der Waals surface area contributed by atoms with E-state index in [0.29, 0.717) is 18.9 Å². The molecule has 1 aromatic rings. The molecule has 1 aromatic carbocycles. The quantitative estimate of drug-likeness (QED) is 0.410. The van der Waals surface area contributed by atoms with Crippen LogP contribution in [0.15, 0.2) is 24.3 Å². The van der Waals surface area contributed by atoms with Gasteiger partial charge in [-0.3, -0.25) is 19.7 Å². The Labute approximate surface area is 163 Å². The second-order valence-electron chi connectivity index (χ2n) is 6.55. The molecule has 9 heteroatoms. The number of nitrogens with one attached hydrogen (secondary N) is 3. The Morgan fingerprint density at radius 3 is 2.93 bits per heavy atom. The number of nitro groups is 1. The highest BCUT2D eigenvalue weighted by molar-refractivity contribution is 7.98. The van der Waals surface area contributed by atoms with Crippen LogP contribution in [0.25, 0.3) is 0 Å². The van der Waals surface area contributed by atoms with E-state index < -0.39 is 16.9 Å². The van der Waals surface area contributed by atoms with Gasteiger partial charge in [-0.05, 0) is 56.3 Å². The lowest BCUT2D eigenvalue weighted by Crippen LogP contribution is -2.47. The van der Waals surface area contributed by atoms with Crippen molar-refractivity contribution in [1.29, 1.82) is 0 Å². The lowest BCUT2D eigenvalue weighted by Gasteiger charge is -2.19. The van der Waals surface area contributed by atoms with E-state index in [1.807, 2.05) is 6.26 Å². The van der Waals surface area contributed by atoms with Gasteiger partial charge >= 0.3 is 0 Å². The summed E-state index contributed by atoms with van der Waals surface area (Å²) >= 11 is 1.59. The summed E-state index contributed by atoms with van der Waals surface area (Å²) in [5, 5.41) is 19.8. The number of hydrogen-bond donors (Lipinski definition) is 3. The number of carbonyl (C=O) groups is 2. The molecule has 0 bridgehead atoms. The number of hydrogen-bond acceptors (Lipinski definition) is 6. The van der Waals surface area contributed by atoms with E-state index in [4.69, 9.17) is 0 Å². The van der Waals surface area contributed by atoms with Crippen molar-refractivity contribution in [3.63, 3.8) is 0 Å².